The third-order valence-electron chi connectivity index (χ3n) is 5.99. The molecule has 218 valence electrons. The number of thiazole rings is 1. The lowest BCUT2D eigenvalue weighted by molar-refractivity contribution is -0.155. The summed E-state index contributed by atoms with van der Waals surface area (Å²) in [5.74, 6) is -4.75. The van der Waals surface area contributed by atoms with Gasteiger partial charge < -0.3 is 24.8 Å². The van der Waals surface area contributed by atoms with Gasteiger partial charge in [0.05, 0.1) is 43.5 Å². The molecule has 4 atom stereocenters. The number of rotatable bonds is 17. The lowest BCUT2D eigenvalue weighted by Crippen LogP contribution is -2.51. The van der Waals surface area contributed by atoms with Gasteiger partial charge in [0.2, 0.25) is 5.91 Å². The third kappa shape index (κ3) is 9.43. The number of amides is 2. The Hall–Kier alpha value is -3.27. The SMILES string of the molecule is C[C@]1(C(=O)[C@H](Cc2ccccc2)NC(=O)[C@H](COC(F)F)CC(=O)[C@H](COC(F)F)NC(=O)c2cncs2)CO1. The maximum absolute atomic E-state index is 13.2. The highest BCUT2D eigenvalue weighted by Gasteiger charge is 2.50. The van der Waals surface area contributed by atoms with Crippen LogP contribution >= 0.6 is 11.3 Å². The fourth-order valence-corrected chi connectivity index (χ4v) is 4.23. The molecule has 3 rings (SSSR count). The molecule has 10 nitrogen and oxygen atoms in total. The molecular formula is C25H27F4N3O7S. The van der Waals surface area contributed by atoms with E-state index in [1.54, 1.807) is 37.3 Å². The van der Waals surface area contributed by atoms with E-state index in [2.05, 4.69) is 25.1 Å². The van der Waals surface area contributed by atoms with Crippen molar-refractivity contribution >= 4 is 34.7 Å². The summed E-state index contributed by atoms with van der Waals surface area (Å²) in [5.41, 5.74) is 0.900. The van der Waals surface area contributed by atoms with E-state index in [-0.39, 0.29) is 17.9 Å². The normalized spacial score (nSPS) is 18.7. The van der Waals surface area contributed by atoms with Crippen molar-refractivity contribution in [2.24, 2.45) is 5.92 Å². The Kier molecular flexibility index (Phi) is 11.2. The number of benzene rings is 1. The molecule has 0 radical (unpaired) electrons. The Morgan fingerprint density at radius 1 is 1.02 bits per heavy atom. The Balaban J connectivity index is 1.76. The van der Waals surface area contributed by atoms with Gasteiger partial charge in [-0.2, -0.15) is 17.6 Å². The molecule has 1 aromatic carbocycles. The molecule has 1 aliphatic rings. The van der Waals surface area contributed by atoms with Crippen LogP contribution < -0.4 is 10.6 Å². The van der Waals surface area contributed by atoms with Gasteiger partial charge in [0.25, 0.3) is 5.91 Å². The zero-order chi connectivity index (χ0) is 29.3. The lowest BCUT2D eigenvalue weighted by atomic mass is 9.93. The summed E-state index contributed by atoms with van der Waals surface area (Å²) in [6, 6.07) is 5.89. The fourth-order valence-electron chi connectivity index (χ4n) is 3.71. The van der Waals surface area contributed by atoms with Gasteiger partial charge in [-0.05, 0) is 18.9 Å². The van der Waals surface area contributed by atoms with E-state index in [0.29, 0.717) is 5.56 Å². The van der Waals surface area contributed by atoms with Gasteiger partial charge in [-0.25, -0.2) is 0 Å². The second-order valence-corrected chi connectivity index (χ2v) is 9.97. The smallest absolute Gasteiger partial charge is 0.345 e. The molecule has 2 N–H and O–H groups in total. The average molecular weight is 590 g/mol. The van der Waals surface area contributed by atoms with E-state index in [9.17, 15) is 36.7 Å². The van der Waals surface area contributed by atoms with Crippen LogP contribution in [0.25, 0.3) is 0 Å². The summed E-state index contributed by atoms with van der Waals surface area (Å²) in [6.07, 6.45) is 0.450. The van der Waals surface area contributed by atoms with E-state index in [1.807, 2.05) is 0 Å². The Labute approximate surface area is 230 Å². The van der Waals surface area contributed by atoms with Crippen molar-refractivity contribution in [3.63, 3.8) is 0 Å². The first-order valence-electron chi connectivity index (χ1n) is 12.0. The van der Waals surface area contributed by atoms with Crippen molar-refractivity contribution in [2.45, 2.75) is 50.7 Å². The second-order valence-electron chi connectivity index (χ2n) is 9.08. The van der Waals surface area contributed by atoms with E-state index >= 15 is 0 Å². The van der Waals surface area contributed by atoms with Crippen molar-refractivity contribution in [3.05, 3.63) is 52.5 Å². The van der Waals surface area contributed by atoms with Gasteiger partial charge in [-0.3, -0.25) is 24.2 Å². The standard InChI is InChI=1S/C25H27F4N3O7S/c1-25(12-39-25)20(34)16(7-14-5-3-2-4-6-14)31-21(35)15(10-37-23(26)27)8-18(33)17(11-38-24(28)29)32-22(36)19-9-30-13-40-19/h2-6,9,13,15-17,23-24H,7-8,10-12H2,1H3,(H,31,35)(H,32,36)/t15-,16-,17-,25+/m0/s1. The molecule has 0 unspecified atom stereocenters. The number of hydrogen-bond acceptors (Lipinski definition) is 9. The van der Waals surface area contributed by atoms with E-state index in [0.717, 1.165) is 11.3 Å². The molecule has 2 amide bonds. The van der Waals surface area contributed by atoms with Crippen molar-refractivity contribution < 1.29 is 51.0 Å². The minimum Gasteiger partial charge on any atom is -0.361 e. The van der Waals surface area contributed by atoms with Crippen LogP contribution in [0.4, 0.5) is 17.6 Å². The number of nitrogens with zero attached hydrogens (tertiary/aromatic N) is 1. The Bertz CT molecular complexity index is 1150. The minimum absolute atomic E-state index is 0.0521. The highest BCUT2D eigenvalue weighted by molar-refractivity contribution is 7.11. The number of carbonyl (C=O) groups excluding carboxylic acids is 4. The first kappa shape index (κ1) is 31.3. The number of hydrogen-bond donors (Lipinski definition) is 2. The number of Topliss-reactive ketones (excluding diaryl/α,β-unsaturated/α-hetero) is 2. The summed E-state index contributed by atoms with van der Waals surface area (Å²) in [4.78, 5) is 55.5. The van der Waals surface area contributed by atoms with Gasteiger partial charge in [0.15, 0.2) is 11.6 Å². The van der Waals surface area contributed by atoms with Crippen molar-refractivity contribution in [3.8, 4) is 0 Å². The highest BCUT2D eigenvalue weighted by atomic mass is 32.1. The second kappa shape index (κ2) is 14.4. The molecule has 2 aromatic rings. The molecule has 15 heteroatoms. The average Bonchev–Trinajstić information content (AvgIpc) is 3.42. The van der Waals surface area contributed by atoms with Gasteiger partial charge in [-0.15, -0.1) is 11.3 Å². The molecule has 40 heavy (non-hydrogen) atoms. The molecule has 0 spiro atoms. The fraction of sp³-hybridized carbons (Fsp3) is 0.480. The Morgan fingerprint density at radius 3 is 2.25 bits per heavy atom. The maximum atomic E-state index is 13.2. The van der Waals surface area contributed by atoms with Gasteiger partial charge in [0, 0.05) is 6.42 Å². The molecule has 0 saturated carbocycles. The number of epoxide rings is 1. The van der Waals surface area contributed by atoms with Crippen molar-refractivity contribution in [1.82, 2.24) is 15.6 Å². The zero-order valence-corrected chi connectivity index (χ0v) is 22.0. The zero-order valence-electron chi connectivity index (χ0n) is 21.2. The summed E-state index contributed by atoms with van der Waals surface area (Å²) in [5, 5.41) is 4.74. The molecule has 1 aliphatic heterocycles. The number of alkyl halides is 4. The predicted molar refractivity (Wildman–Crippen MR) is 132 cm³/mol. The van der Waals surface area contributed by atoms with E-state index in [1.165, 1.54) is 11.7 Å². The van der Waals surface area contributed by atoms with Gasteiger partial charge in [0.1, 0.15) is 16.5 Å². The van der Waals surface area contributed by atoms with Crippen LogP contribution in [-0.4, -0.2) is 79.1 Å². The first-order chi connectivity index (χ1) is 19.0. The molecular weight excluding hydrogens is 562 g/mol. The number of ether oxygens (including phenoxy) is 3. The van der Waals surface area contributed by atoms with Gasteiger partial charge >= 0.3 is 13.2 Å². The first-order valence-corrected chi connectivity index (χ1v) is 12.9. The van der Waals surface area contributed by atoms with Gasteiger partial charge in [-0.1, -0.05) is 30.3 Å². The Morgan fingerprint density at radius 2 is 1.68 bits per heavy atom. The molecule has 0 bridgehead atoms. The van der Waals surface area contributed by atoms with Crippen LogP contribution in [0.2, 0.25) is 0 Å². The largest absolute Gasteiger partial charge is 0.361 e. The van der Waals surface area contributed by atoms with Crippen molar-refractivity contribution in [2.75, 3.05) is 19.8 Å². The summed E-state index contributed by atoms with van der Waals surface area (Å²) in [7, 11) is 0. The van der Waals surface area contributed by atoms with E-state index in [4.69, 9.17) is 4.74 Å². The topological polar surface area (TPSA) is 136 Å². The van der Waals surface area contributed by atoms with Crippen LogP contribution in [0.15, 0.2) is 42.0 Å². The molecule has 1 saturated heterocycles. The summed E-state index contributed by atoms with van der Waals surface area (Å²) < 4.78 is 64.8. The van der Waals surface area contributed by atoms with Crippen LogP contribution in [0.1, 0.15) is 28.6 Å². The maximum Gasteiger partial charge on any atom is 0.345 e. The van der Waals surface area contributed by atoms with Crippen LogP contribution in [0.3, 0.4) is 0 Å². The summed E-state index contributed by atoms with van der Waals surface area (Å²) >= 11 is 0.923. The molecule has 2 heterocycles. The monoisotopic (exact) mass is 589 g/mol. The number of nitrogens with one attached hydrogen (secondary N) is 2. The number of aromatic nitrogens is 1. The third-order valence-corrected chi connectivity index (χ3v) is 6.77. The quantitative estimate of drug-likeness (QED) is 0.212. The lowest BCUT2D eigenvalue weighted by Gasteiger charge is -2.24. The highest BCUT2D eigenvalue weighted by Crippen LogP contribution is 2.29. The number of halogens is 4. The van der Waals surface area contributed by atoms with Crippen LogP contribution in [-0.2, 0) is 35.0 Å². The van der Waals surface area contributed by atoms with Crippen molar-refractivity contribution in [1.29, 1.82) is 0 Å². The number of carbonyl (C=O) groups is 4. The predicted octanol–water partition coefficient (Wildman–Crippen LogP) is 2.38. The molecule has 0 aliphatic carbocycles. The molecule has 1 aromatic heterocycles. The molecule has 1 fully saturated rings. The van der Waals surface area contributed by atoms with Crippen LogP contribution in [0, 0.1) is 5.92 Å². The number of ketones is 2. The van der Waals surface area contributed by atoms with Crippen LogP contribution in [0.5, 0.6) is 0 Å². The minimum atomic E-state index is -3.28. The summed E-state index contributed by atoms with van der Waals surface area (Å²) in [6.45, 7) is -6.76. The van der Waals surface area contributed by atoms with E-state index < -0.39 is 79.8 Å².